The third kappa shape index (κ3) is 6.28. The zero-order valence-electron chi connectivity index (χ0n) is 14.9. The van der Waals surface area contributed by atoms with Gasteiger partial charge in [0.1, 0.15) is 18.5 Å². The Labute approximate surface area is 167 Å². The van der Waals surface area contributed by atoms with Crippen LogP contribution in [0.5, 0.6) is 5.75 Å². The molecule has 2 heterocycles. The van der Waals surface area contributed by atoms with Gasteiger partial charge in [0, 0.05) is 39.3 Å². The van der Waals surface area contributed by atoms with Gasteiger partial charge in [0.25, 0.3) is 5.91 Å². The van der Waals surface area contributed by atoms with Crippen molar-refractivity contribution >= 4 is 30.7 Å². The summed E-state index contributed by atoms with van der Waals surface area (Å²) in [5.74, 6) is 1.03. The second-order valence-corrected chi connectivity index (χ2v) is 6.39. The number of hydrogen-bond donors (Lipinski definition) is 1. The highest BCUT2D eigenvalue weighted by Gasteiger charge is 2.33. The van der Waals surface area contributed by atoms with Crippen LogP contribution < -0.4 is 10.5 Å². The maximum absolute atomic E-state index is 12.5. The van der Waals surface area contributed by atoms with Gasteiger partial charge in [-0.3, -0.25) is 9.69 Å². The molecule has 1 amide bonds. The smallest absolute Gasteiger partial charge is 0.251 e. The molecule has 1 aromatic rings. The lowest BCUT2D eigenvalue weighted by molar-refractivity contribution is -0.144. The fraction of sp³-hybridized carbons (Fsp3) is 0.611. The minimum Gasteiger partial charge on any atom is -0.492 e. The molecule has 148 valence electrons. The minimum atomic E-state index is -0.286. The SMILES string of the molecule is Cl.Cl.NC[C@H]1CC[C@@H](C(=O)N2CCN(CCOc3ccccc3)CC2)O1. The molecule has 2 aliphatic rings. The Bertz CT molecular complexity index is 528. The molecule has 6 nitrogen and oxygen atoms in total. The van der Waals surface area contributed by atoms with Gasteiger partial charge >= 0.3 is 0 Å². The van der Waals surface area contributed by atoms with Crippen LogP contribution >= 0.6 is 24.8 Å². The van der Waals surface area contributed by atoms with Crippen molar-refractivity contribution in [3.63, 3.8) is 0 Å². The van der Waals surface area contributed by atoms with E-state index in [-0.39, 0.29) is 42.9 Å². The molecule has 2 saturated heterocycles. The molecular weight excluding hydrogens is 377 g/mol. The summed E-state index contributed by atoms with van der Waals surface area (Å²) >= 11 is 0. The maximum Gasteiger partial charge on any atom is 0.251 e. The van der Waals surface area contributed by atoms with Crippen molar-refractivity contribution in [1.29, 1.82) is 0 Å². The van der Waals surface area contributed by atoms with Gasteiger partial charge in [0.05, 0.1) is 6.10 Å². The number of para-hydroxylation sites is 1. The first-order valence-corrected chi connectivity index (χ1v) is 8.81. The number of hydrogen-bond acceptors (Lipinski definition) is 5. The molecule has 26 heavy (non-hydrogen) atoms. The summed E-state index contributed by atoms with van der Waals surface area (Å²) < 4.78 is 11.5. The number of amides is 1. The largest absolute Gasteiger partial charge is 0.492 e. The van der Waals surface area contributed by atoms with E-state index in [4.69, 9.17) is 15.2 Å². The average molecular weight is 406 g/mol. The summed E-state index contributed by atoms with van der Waals surface area (Å²) in [7, 11) is 0. The van der Waals surface area contributed by atoms with E-state index in [2.05, 4.69) is 4.90 Å². The highest BCUT2D eigenvalue weighted by molar-refractivity contribution is 5.85. The lowest BCUT2D eigenvalue weighted by Crippen LogP contribution is -2.52. The first-order chi connectivity index (χ1) is 11.8. The van der Waals surface area contributed by atoms with E-state index in [1.54, 1.807) is 0 Å². The van der Waals surface area contributed by atoms with E-state index in [0.29, 0.717) is 13.2 Å². The van der Waals surface area contributed by atoms with Crippen LogP contribution in [0.4, 0.5) is 0 Å². The minimum absolute atomic E-state index is 0. The van der Waals surface area contributed by atoms with Crippen molar-refractivity contribution in [3.8, 4) is 5.75 Å². The van der Waals surface area contributed by atoms with Crippen LogP contribution in [-0.4, -0.2) is 73.8 Å². The highest BCUT2D eigenvalue weighted by atomic mass is 35.5. The van der Waals surface area contributed by atoms with E-state index >= 15 is 0 Å². The van der Waals surface area contributed by atoms with Gasteiger partial charge in [-0.15, -0.1) is 24.8 Å². The van der Waals surface area contributed by atoms with Crippen LogP contribution in [0.3, 0.4) is 0 Å². The Morgan fingerprint density at radius 2 is 1.81 bits per heavy atom. The van der Waals surface area contributed by atoms with Crippen molar-refractivity contribution in [3.05, 3.63) is 30.3 Å². The number of carbonyl (C=O) groups excluding carboxylic acids is 1. The van der Waals surface area contributed by atoms with Crippen LogP contribution in [0.2, 0.25) is 0 Å². The molecule has 2 N–H and O–H groups in total. The van der Waals surface area contributed by atoms with E-state index in [0.717, 1.165) is 51.3 Å². The zero-order chi connectivity index (χ0) is 16.8. The predicted molar refractivity (Wildman–Crippen MR) is 106 cm³/mol. The number of piperazine rings is 1. The molecule has 0 saturated carbocycles. The maximum atomic E-state index is 12.5. The Hall–Kier alpha value is -1.05. The van der Waals surface area contributed by atoms with Crippen molar-refractivity contribution in [2.45, 2.75) is 25.0 Å². The van der Waals surface area contributed by atoms with Gasteiger partial charge in [-0.2, -0.15) is 0 Å². The molecular formula is C18H29Cl2N3O3. The van der Waals surface area contributed by atoms with E-state index in [9.17, 15) is 4.79 Å². The lowest BCUT2D eigenvalue weighted by Gasteiger charge is -2.35. The summed E-state index contributed by atoms with van der Waals surface area (Å²) in [6.45, 7) is 5.34. The summed E-state index contributed by atoms with van der Waals surface area (Å²) in [6, 6.07) is 9.85. The van der Waals surface area contributed by atoms with Crippen molar-refractivity contribution < 1.29 is 14.3 Å². The van der Waals surface area contributed by atoms with Crippen LogP contribution in [-0.2, 0) is 9.53 Å². The third-order valence-electron chi connectivity index (χ3n) is 4.75. The summed E-state index contributed by atoms with van der Waals surface area (Å²) in [5.41, 5.74) is 5.61. The molecule has 1 aromatic carbocycles. The van der Waals surface area contributed by atoms with Crippen LogP contribution in [0, 0.1) is 0 Å². The molecule has 3 rings (SSSR count). The number of benzene rings is 1. The van der Waals surface area contributed by atoms with Crippen LogP contribution in [0.15, 0.2) is 30.3 Å². The molecule has 0 spiro atoms. The normalized spacial score (nSPS) is 23.0. The molecule has 2 atom stereocenters. The molecule has 2 fully saturated rings. The van der Waals surface area contributed by atoms with Crippen LogP contribution in [0.25, 0.3) is 0 Å². The summed E-state index contributed by atoms with van der Waals surface area (Å²) in [4.78, 5) is 16.8. The topological polar surface area (TPSA) is 68.0 Å². The molecule has 0 radical (unpaired) electrons. The zero-order valence-corrected chi connectivity index (χ0v) is 16.6. The molecule has 0 unspecified atom stereocenters. The first-order valence-electron chi connectivity index (χ1n) is 8.81. The molecule has 0 bridgehead atoms. The number of nitrogens with zero attached hydrogens (tertiary/aromatic N) is 2. The van der Waals surface area contributed by atoms with Gasteiger partial charge in [0.2, 0.25) is 0 Å². The van der Waals surface area contributed by atoms with Gasteiger partial charge < -0.3 is 20.1 Å². The van der Waals surface area contributed by atoms with Gasteiger partial charge in [-0.1, -0.05) is 18.2 Å². The van der Waals surface area contributed by atoms with Crippen molar-refractivity contribution in [2.24, 2.45) is 5.73 Å². The number of nitrogens with two attached hydrogens (primary N) is 1. The van der Waals surface area contributed by atoms with Crippen molar-refractivity contribution in [1.82, 2.24) is 9.80 Å². The fourth-order valence-electron chi connectivity index (χ4n) is 3.27. The number of carbonyl (C=O) groups is 1. The van der Waals surface area contributed by atoms with E-state index in [1.165, 1.54) is 0 Å². The number of ether oxygens (including phenoxy) is 2. The molecule has 0 aliphatic carbocycles. The van der Waals surface area contributed by atoms with Crippen LogP contribution in [0.1, 0.15) is 12.8 Å². The standard InChI is InChI=1S/C18H27N3O3.2ClH/c19-14-16-6-7-17(24-16)18(22)21-10-8-20(9-11-21)12-13-23-15-4-2-1-3-5-15;;/h1-5,16-17H,6-14,19H2;2*1H/t16-,17+;;/m1../s1. The van der Waals surface area contributed by atoms with Gasteiger partial charge in [-0.05, 0) is 25.0 Å². The Morgan fingerprint density at radius 3 is 2.42 bits per heavy atom. The molecule has 0 aromatic heterocycles. The van der Waals surface area contributed by atoms with Gasteiger partial charge in [0.15, 0.2) is 0 Å². The lowest BCUT2D eigenvalue weighted by atomic mass is 10.1. The molecule has 8 heteroatoms. The van der Waals surface area contributed by atoms with Crippen molar-refractivity contribution in [2.75, 3.05) is 45.9 Å². The third-order valence-corrected chi connectivity index (χ3v) is 4.75. The Balaban J connectivity index is 0.00000169. The Morgan fingerprint density at radius 1 is 1.12 bits per heavy atom. The predicted octanol–water partition coefficient (Wildman–Crippen LogP) is 1.56. The second-order valence-electron chi connectivity index (χ2n) is 6.39. The first kappa shape index (κ1) is 23.0. The Kier molecular flexibility index (Phi) is 10.3. The quantitative estimate of drug-likeness (QED) is 0.777. The highest BCUT2D eigenvalue weighted by Crippen LogP contribution is 2.21. The van der Waals surface area contributed by atoms with Gasteiger partial charge in [-0.25, -0.2) is 0 Å². The number of halogens is 2. The summed E-state index contributed by atoms with van der Waals surface area (Å²) in [5, 5.41) is 0. The van der Waals surface area contributed by atoms with E-state index < -0.39 is 0 Å². The average Bonchev–Trinajstić information content (AvgIpc) is 3.12. The van der Waals surface area contributed by atoms with E-state index in [1.807, 2.05) is 35.2 Å². The fourth-order valence-corrected chi connectivity index (χ4v) is 3.27. The number of rotatable bonds is 6. The molecule has 2 aliphatic heterocycles. The summed E-state index contributed by atoms with van der Waals surface area (Å²) in [6.07, 6.45) is 1.46. The monoisotopic (exact) mass is 405 g/mol. The second kappa shape index (κ2) is 11.6.